The van der Waals surface area contributed by atoms with Gasteiger partial charge in [0.15, 0.2) is 5.16 Å². The standard InChI is InChI=1S/C21H24N4S2/c1-26-21-22-19(18-16-8-5-9-17(16)27-20(18)23-21)25-12-10-24(11-13-25)14-15-6-3-2-4-7-15/h2-4,6-7H,5,8-14H2,1H3. The number of hydrogen-bond donors (Lipinski definition) is 0. The molecule has 1 aliphatic heterocycles. The number of rotatable bonds is 4. The fourth-order valence-corrected chi connectivity index (χ4v) is 5.91. The van der Waals surface area contributed by atoms with Gasteiger partial charge in [-0.25, -0.2) is 9.97 Å². The molecule has 0 amide bonds. The summed E-state index contributed by atoms with van der Waals surface area (Å²) >= 11 is 3.55. The highest BCUT2D eigenvalue weighted by atomic mass is 32.2. The van der Waals surface area contributed by atoms with Gasteiger partial charge in [0.1, 0.15) is 10.6 Å². The first-order valence-corrected chi connectivity index (χ1v) is 11.7. The molecule has 3 aromatic rings. The number of benzene rings is 1. The molecule has 0 saturated carbocycles. The second kappa shape index (κ2) is 7.41. The molecule has 1 aliphatic carbocycles. The van der Waals surface area contributed by atoms with Crippen molar-refractivity contribution in [3.63, 3.8) is 0 Å². The number of anilines is 1. The second-order valence-electron chi connectivity index (χ2n) is 7.32. The number of fused-ring (bicyclic) bond motifs is 3. The summed E-state index contributed by atoms with van der Waals surface area (Å²) < 4.78 is 0. The van der Waals surface area contributed by atoms with Crippen LogP contribution in [0.15, 0.2) is 35.5 Å². The molecule has 0 N–H and O–H groups in total. The van der Waals surface area contributed by atoms with Gasteiger partial charge in [-0.15, -0.1) is 11.3 Å². The molecule has 0 bridgehead atoms. The predicted molar refractivity (Wildman–Crippen MR) is 115 cm³/mol. The number of hydrogen-bond acceptors (Lipinski definition) is 6. The molecule has 0 unspecified atom stereocenters. The summed E-state index contributed by atoms with van der Waals surface area (Å²) in [6.45, 7) is 5.29. The molecular weight excluding hydrogens is 372 g/mol. The van der Waals surface area contributed by atoms with Crippen LogP contribution >= 0.6 is 23.1 Å². The van der Waals surface area contributed by atoms with E-state index in [1.807, 2.05) is 11.3 Å². The maximum absolute atomic E-state index is 4.97. The zero-order valence-electron chi connectivity index (χ0n) is 15.6. The Bertz CT molecular complexity index is 946. The predicted octanol–water partition coefficient (Wildman–Crippen LogP) is 4.22. The molecule has 27 heavy (non-hydrogen) atoms. The van der Waals surface area contributed by atoms with Gasteiger partial charge in [0.2, 0.25) is 0 Å². The first-order chi connectivity index (χ1) is 13.3. The minimum Gasteiger partial charge on any atom is -0.353 e. The number of nitrogens with zero attached hydrogens (tertiary/aromatic N) is 4. The van der Waals surface area contributed by atoms with E-state index in [9.17, 15) is 0 Å². The Morgan fingerprint density at radius 3 is 2.63 bits per heavy atom. The van der Waals surface area contributed by atoms with Gasteiger partial charge in [0.05, 0.1) is 5.39 Å². The zero-order chi connectivity index (χ0) is 18.2. The van der Waals surface area contributed by atoms with Crippen LogP contribution in [0.1, 0.15) is 22.4 Å². The summed E-state index contributed by atoms with van der Waals surface area (Å²) in [6, 6.07) is 10.8. The van der Waals surface area contributed by atoms with Crippen molar-refractivity contribution in [2.45, 2.75) is 31.0 Å². The van der Waals surface area contributed by atoms with E-state index in [1.54, 1.807) is 16.6 Å². The zero-order valence-corrected chi connectivity index (χ0v) is 17.3. The van der Waals surface area contributed by atoms with Gasteiger partial charge in [0.25, 0.3) is 0 Å². The highest BCUT2D eigenvalue weighted by Gasteiger charge is 2.26. The van der Waals surface area contributed by atoms with Crippen LogP contribution in [0.3, 0.4) is 0 Å². The van der Waals surface area contributed by atoms with E-state index in [-0.39, 0.29) is 0 Å². The molecular formula is C21H24N4S2. The first-order valence-electron chi connectivity index (χ1n) is 9.69. The minimum atomic E-state index is 0.907. The van der Waals surface area contributed by atoms with Gasteiger partial charge >= 0.3 is 0 Å². The highest BCUT2D eigenvalue weighted by molar-refractivity contribution is 7.98. The quantitative estimate of drug-likeness (QED) is 0.487. The third-order valence-corrected chi connectivity index (χ3v) is 7.36. The van der Waals surface area contributed by atoms with Crippen molar-refractivity contribution in [3.05, 3.63) is 46.3 Å². The average molecular weight is 397 g/mol. The van der Waals surface area contributed by atoms with E-state index in [2.05, 4.69) is 46.4 Å². The number of piperazine rings is 1. The van der Waals surface area contributed by atoms with E-state index in [0.29, 0.717) is 0 Å². The van der Waals surface area contributed by atoms with E-state index >= 15 is 0 Å². The van der Waals surface area contributed by atoms with Crippen LogP contribution in [0.4, 0.5) is 5.82 Å². The van der Waals surface area contributed by atoms with Crippen LogP contribution in [-0.2, 0) is 19.4 Å². The first kappa shape index (κ1) is 17.5. The van der Waals surface area contributed by atoms with E-state index in [4.69, 9.17) is 9.97 Å². The molecule has 2 aliphatic rings. The maximum atomic E-state index is 4.97. The van der Waals surface area contributed by atoms with Crippen molar-refractivity contribution in [3.8, 4) is 0 Å². The number of thioether (sulfide) groups is 1. The lowest BCUT2D eigenvalue weighted by Gasteiger charge is -2.35. The Hall–Kier alpha value is -1.63. The average Bonchev–Trinajstić information content (AvgIpc) is 3.29. The van der Waals surface area contributed by atoms with Crippen molar-refractivity contribution in [2.24, 2.45) is 0 Å². The number of thiophene rings is 1. The Morgan fingerprint density at radius 2 is 1.85 bits per heavy atom. The normalized spacial score (nSPS) is 17.6. The molecule has 0 radical (unpaired) electrons. The van der Waals surface area contributed by atoms with E-state index in [1.165, 1.54) is 46.4 Å². The third-order valence-electron chi connectivity index (χ3n) is 5.63. The Labute approximate surface area is 168 Å². The van der Waals surface area contributed by atoms with Gasteiger partial charge < -0.3 is 4.90 Å². The minimum absolute atomic E-state index is 0.907. The van der Waals surface area contributed by atoms with Gasteiger partial charge in [-0.1, -0.05) is 42.1 Å². The summed E-state index contributed by atoms with van der Waals surface area (Å²) in [7, 11) is 0. The smallest absolute Gasteiger partial charge is 0.190 e. The highest BCUT2D eigenvalue weighted by Crippen LogP contribution is 2.41. The summed E-state index contributed by atoms with van der Waals surface area (Å²) in [5.41, 5.74) is 2.93. The summed E-state index contributed by atoms with van der Waals surface area (Å²) in [5, 5.41) is 2.26. The molecule has 3 heterocycles. The van der Waals surface area contributed by atoms with Crippen molar-refractivity contribution in [1.82, 2.24) is 14.9 Å². The third kappa shape index (κ3) is 3.35. The largest absolute Gasteiger partial charge is 0.353 e. The molecule has 4 nitrogen and oxygen atoms in total. The van der Waals surface area contributed by atoms with E-state index < -0.39 is 0 Å². The Kier molecular flexibility index (Phi) is 4.80. The lowest BCUT2D eigenvalue weighted by atomic mass is 10.1. The molecule has 2 aromatic heterocycles. The molecule has 0 atom stereocenters. The Balaban J connectivity index is 1.40. The van der Waals surface area contributed by atoms with E-state index in [0.717, 1.165) is 37.9 Å². The summed E-state index contributed by atoms with van der Waals surface area (Å²) in [5.74, 6) is 1.18. The lowest BCUT2D eigenvalue weighted by Crippen LogP contribution is -2.46. The van der Waals surface area contributed by atoms with Gasteiger partial charge in [-0.2, -0.15) is 0 Å². The van der Waals surface area contributed by atoms with Crippen LogP contribution in [0.25, 0.3) is 10.2 Å². The van der Waals surface area contributed by atoms with Gasteiger partial charge in [-0.05, 0) is 36.6 Å². The fraction of sp³-hybridized carbons (Fsp3) is 0.429. The fourth-order valence-electron chi connectivity index (χ4n) is 4.24. The molecule has 5 rings (SSSR count). The van der Waals surface area contributed by atoms with Crippen LogP contribution in [-0.4, -0.2) is 47.3 Å². The molecule has 6 heteroatoms. The maximum Gasteiger partial charge on any atom is 0.190 e. The number of aromatic nitrogens is 2. The van der Waals surface area contributed by atoms with Crippen LogP contribution < -0.4 is 4.90 Å². The van der Waals surface area contributed by atoms with Crippen molar-refractivity contribution in [2.75, 3.05) is 37.3 Å². The molecule has 140 valence electrons. The van der Waals surface area contributed by atoms with Crippen molar-refractivity contribution >= 4 is 39.1 Å². The molecule has 1 aromatic carbocycles. The van der Waals surface area contributed by atoms with Crippen molar-refractivity contribution < 1.29 is 0 Å². The number of aryl methyl sites for hydroxylation is 2. The van der Waals surface area contributed by atoms with Gasteiger partial charge in [-0.3, -0.25) is 4.90 Å². The lowest BCUT2D eigenvalue weighted by molar-refractivity contribution is 0.249. The second-order valence-corrected chi connectivity index (χ2v) is 9.18. The molecule has 1 saturated heterocycles. The Morgan fingerprint density at radius 1 is 1.04 bits per heavy atom. The monoisotopic (exact) mass is 396 g/mol. The SMILES string of the molecule is CSc1nc(N2CCN(Cc3ccccc3)CC2)c2c3c(sc2n1)CCC3. The summed E-state index contributed by atoms with van der Waals surface area (Å²) in [4.78, 5) is 17.6. The van der Waals surface area contributed by atoms with Gasteiger partial charge in [0, 0.05) is 37.6 Å². The van der Waals surface area contributed by atoms with Crippen LogP contribution in [0, 0.1) is 0 Å². The van der Waals surface area contributed by atoms with Crippen LogP contribution in [0.5, 0.6) is 0 Å². The topological polar surface area (TPSA) is 32.3 Å². The summed E-state index contributed by atoms with van der Waals surface area (Å²) in [6.07, 6.45) is 5.77. The van der Waals surface area contributed by atoms with Crippen LogP contribution in [0.2, 0.25) is 0 Å². The molecule has 0 spiro atoms. The molecule has 1 fully saturated rings. The van der Waals surface area contributed by atoms with Crippen molar-refractivity contribution in [1.29, 1.82) is 0 Å².